The van der Waals surface area contributed by atoms with Crippen LogP contribution in [0.4, 0.5) is 0 Å². The van der Waals surface area contributed by atoms with Gasteiger partial charge in [0, 0.05) is 6.08 Å². The van der Waals surface area contributed by atoms with Gasteiger partial charge >= 0.3 is 5.97 Å². The second-order valence-electron chi connectivity index (χ2n) is 3.85. The van der Waals surface area contributed by atoms with Crippen LogP contribution in [0.1, 0.15) is 51.9 Å². The van der Waals surface area contributed by atoms with Gasteiger partial charge in [0.05, 0.1) is 0 Å². The molecule has 0 aromatic carbocycles. The van der Waals surface area contributed by atoms with Gasteiger partial charge in [0.2, 0.25) is 9.76 Å². The van der Waals surface area contributed by atoms with Gasteiger partial charge in [-0.15, -0.1) is 0 Å². The van der Waals surface area contributed by atoms with Gasteiger partial charge in [-0.1, -0.05) is 58.4 Å². The van der Waals surface area contributed by atoms with Crippen molar-refractivity contribution in [3.8, 4) is 0 Å². The van der Waals surface area contributed by atoms with Crippen LogP contribution in [0.5, 0.6) is 0 Å². The molecule has 0 aromatic heterocycles. The molecule has 15 heavy (non-hydrogen) atoms. The van der Waals surface area contributed by atoms with Crippen LogP contribution in [-0.2, 0) is 9.22 Å². The first-order chi connectivity index (χ1) is 7.31. The van der Waals surface area contributed by atoms with E-state index in [4.69, 9.17) is 4.43 Å². The molecule has 0 bridgehead atoms. The van der Waals surface area contributed by atoms with Crippen LogP contribution in [0.3, 0.4) is 0 Å². The first-order valence-electron chi connectivity index (χ1n) is 6.10. The SMILES string of the molecule is C=CC(=O)O[SiH2]CCCCCCCCC. The van der Waals surface area contributed by atoms with Gasteiger partial charge < -0.3 is 4.43 Å². The highest BCUT2D eigenvalue weighted by Crippen LogP contribution is 2.08. The summed E-state index contributed by atoms with van der Waals surface area (Å²) in [5.74, 6) is -0.246. The summed E-state index contributed by atoms with van der Waals surface area (Å²) in [6, 6.07) is 1.12. The van der Waals surface area contributed by atoms with Gasteiger partial charge in [-0.25, -0.2) is 4.79 Å². The molecule has 0 aromatic rings. The molecule has 0 saturated heterocycles. The molecule has 0 spiro atoms. The zero-order valence-electron chi connectivity index (χ0n) is 9.96. The van der Waals surface area contributed by atoms with Crippen molar-refractivity contribution in [1.82, 2.24) is 0 Å². The van der Waals surface area contributed by atoms with Crippen molar-refractivity contribution in [2.24, 2.45) is 0 Å². The van der Waals surface area contributed by atoms with E-state index >= 15 is 0 Å². The normalized spacial score (nSPS) is 10.7. The number of carbonyl (C=O) groups excluding carboxylic acids is 1. The number of hydrogen-bond acceptors (Lipinski definition) is 2. The zero-order chi connectivity index (χ0) is 11.4. The van der Waals surface area contributed by atoms with Crippen LogP contribution >= 0.6 is 0 Å². The largest absolute Gasteiger partial charge is 0.522 e. The molecular weight excluding hydrogens is 204 g/mol. The molecule has 2 nitrogen and oxygen atoms in total. The molecule has 0 fully saturated rings. The minimum atomic E-state index is -0.612. The van der Waals surface area contributed by atoms with Crippen molar-refractivity contribution in [2.75, 3.05) is 0 Å². The van der Waals surface area contributed by atoms with E-state index in [-0.39, 0.29) is 5.97 Å². The van der Waals surface area contributed by atoms with Gasteiger partial charge in [0.25, 0.3) is 0 Å². The van der Waals surface area contributed by atoms with E-state index in [9.17, 15) is 4.79 Å². The van der Waals surface area contributed by atoms with E-state index < -0.39 is 9.76 Å². The first kappa shape index (κ1) is 14.4. The maximum atomic E-state index is 10.7. The summed E-state index contributed by atoms with van der Waals surface area (Å²) >= 11 is 0. The molecule has 88 valence electrons. The molecule has 0 heterocycles. The second kappa shape index (κ2) is 11.5. The summed E-state index contributed by atoms with van der Waals surface area (Å²) in [5, 5.41) is 0. The van der Waals surface area contributed by atoms with E-state index in [1.165, 1.54) is 51.0 Å². The summed E-state index contributed by atoms with van der Waals surface area (Å²) in [5.41, 5.74) is 0. The van der Waals surface area contributed by atoms with Crippen LogP contribution < -0.4 is 0 Å². The van der Waals surface area contributed by atoms with Crippen molar-refractivity contribution in [2.45, 2.75) is 57.9 Å². The summed E-state index contributed by atoms with van der Waals surface area (Å²) in [6.45, 7) is 5.60. The highest BCUT2D eigenvalue weighted by molar-refractivity contribution is 6.30. The quantitative estimate of drug-likeness (QED) is 0.326. The molecule has 0 aliphatic rings. The second-order valence-corrected chi connectivity index (χ2v) is 5.25. The lowest BCUT2D eigenvalue weighted by Crippen LogP contribution is -2.04. The summed E-state index contributed by atoms with van der Waals surface area (Å²) < 4.78 is 5.02. The Labute approximate surface area is 96.0 Å². The van der Waals surface area contributed by atoms with Crippen molar-refractivity contribution in [3.63, 3.8) is 0 Å². The number of unbranched alkanes of at least 4 members (excludes halogenated alkanes) is 6. The minimum Gasteiger partial charge on any atom is -0.522 e. The Kier molecular flexibility index (Phi) is 11.1. The van der Waals surface area contributed by atoms with Crippen LogP contribution in [0, 0.1) is 0 Å². The Morgan fingerprint density at radius 2 is 1.80 bits per heavy atom. The van der Waals surface area contributed by atoms with Crippen molar-refractivity contribution < 1.29 is 9.22 Å². The number of carbonyl (C=O) groups is 1. The predicted octanol–water partition coefficient (Wildman–Crippen LogP) is 2.97. The predicted molar refractivity (Wildman–Crippen MR) is 67.6 cm³/mol. The summed E-state index contributed by atoms with van der Waals surface area (Å²) in [6.07, 6.45) is 10.5. The van der Waals surface area contributed by atoms with E-state index in [1.54, 1.807) is 0 Å². The number of rotatable bonds is 10. The fraction of sp³-hybridized carbons (Fsp3) is 0.750. The standard InChI is InChI=1S/C12H24O2Si/c1-3-5-6-7-8-9-10-11-15-14-12(13)4-2/h4H,2-3,5-11,15H2,1H3. The zero-order valence-corrected chi connectivity index (χ0v) is 11.4. The van der Waals surface area contributed by atoms with Gasteiger partial charge in [-0.2, -0.15) is 0 Å². The third-order valence-electron chi connectivity index (χ3n) is 2.41. The smallest absolute Gasteiger partial charge is 0.316 e. The Balaban J connectivity index is 2.98. The van der Waals surface area contributed by atoms with E-state index in [1.807, 2.05) is 0 Å². The van der Waals surface area contributed by atoms with Crippen LogP contribution in [0.2, 0.25) is 6.04 Å². The Morgan fingerprint density at radius 3 is 2.40 bits per heavy atom. The lowest BCUT2D eigenvalue weighted by molar-refractivity contribution is -0.128. The molecule has 0 saturated carbocycles. The molecule has 0 aliphatic heterocycles. The monoisotopic (exact) mass is 228 g/mol. The van der Waals surface area contributed by atoms with Crippen molar-refractivity contribution in [1.29, 1.82) is 0 Å². The summed E-state index contributed by atoms with van der Waals surface area (Å²) in [4.78, 5) is 10.7. The van der Waals surface area contributed by atoms with Gasteiger partial charge in [0.15, 0.2) is 0 Å². The van der Waals surface area contributed by atoms with Gasteiger partial charge in [0.1, 0.15) is 0 Å². The maximum absolute atomic E-state index is 10.7. The lowest BCUT2D eigenvalue weighted by atomic mass is 10.1. The third-order valence-corrected chi connectivity index (χ3v) is 3.69. The van der Waals surface area contributed by atoms with Crippen LogP contribution in [0.15, 0.2) is 12.7 Å². The third kappa shape index (κ3) is 11.4. The minimum absolute atomic E-state index is 0.246. The van der Waals surface area contributed by atoms with Gasteiger partial charge in [-0.3, -0.25) is 0 Å². The highest BCUT2D eigenvalue weighted by atomic mass is 28.2. The fourth-order valence-corrected chi connectivity index (χ4v) is 2.49. The Morgan fingerprint density at radius 1 is 1.20 bits per heavy atom. The Hall–Kier alpha value is -0.573. The van der Waals surface area contributed by atoms with E-state index in [0.717, 1.165) is 6.04 Å². The van der Waals surface area contributed by atoms with Gasteiger partial charge in [-0.05, 0) is 6.04 Å². The van der Waals surface area contributed by atoms with E-state index in [0.29, 0.717) is 0 Å². The molecule has 3 heteroatoms. The Bertz CT molecular complexity index is 169. The van der Waals surface area contributed by atoms with Crippen molar-refractivity contribution in [3.05, 3.63) is 12.7 Å². The topological polar surface area (TPSA) is 26.3 Å². The summed E-state index contributed by atoms with van der Waals surface area (Å²) in [7, 11) is -0.612. The first-order valence-corrected chi connectivity index (χ1v) is 7.68. The maximum Gasteiger partial charge on any atom is 0.316 e. The highest BCUT2D eigenvalue weighted by Gasteiger charge is 1.96. The van der Waals surface area contributed by atoms with Crippen LogP contribution in [-0.4, -0.2) is 15.7 Å². The molecular formula is C12H24O2Si. The van der Waals surface area contributed by atoms with E-state index in [2.05, 4.69) is 13.5 Å². The molecule has 0 unspecified atom stereocenters. The average Bonchev–Trinajstić information content (AvgIpc) is 2.26. The molecule has 0 rings (SSSR count). The average molecular weight is 228 g/mol. The lowest BCUT2D eigenvalue weighted by Gasteiger charge is -2.02. The molecule has 0 radical (unpaired) electrons. The van der Waals surface area contributed by atoms with Crippen molar-refractivity contribution >= 4 is 15.7 Å². The molecule has 0 N–H and O–H groups in total. The molecule has 0 amide bonds. The number of hydrogen-bond donors (Lipinski definition) is 0. The fourth-order valence-electron chi connectivity index (χ4n) is 1.47. The molecule has 0 atom stereocenters. The molecule has 0 aliphatic carbocycles. The van der Waals surface area contributed by atoms with Crippen LogP contribution in [0.25, 0.3) is 0 Å².